The quantitative estimate of drug-likeness (QED) is 0.377. The van der Waals surface area contributed by atoms with Crippen molar-refractivity contribution in [1.82, 2.24) is 20.7 Å². The van der Waals surface area contributed by atoms with Crippen molar-refractivity contribution >= 4 is 35.8 Å². The first-order valence-corrected chi connectivity index (χ1v) is 9.31. The molecule has 0 spiro atoms. The summed E-state index contributed by atoms with van der Waals surface area (Å²) in [6.07, 6.45) is 0.901. The topological polar surface area (TPSA) is 82.8 Å². The van der Waals surface area contributed by atoms with Gasteiger partial charge in [-0.05, 0) is 23.5 Å². The number of aliphatic imine (C=N–C) groups is 1. The average molecular weight is 497 g/mol. The van der Waals surface area contributed by atoms with Crippen LogP contribution in [0.15, 0.2) is 39.8 Å². The van der Waals surface area contributed by atoms with Crippen molar-refractivity contribution in [3.05, 3.63) is 52.9 Å². The highest BCUT2D eigenvalue weighted by Crippen LogP contribution is 2.18. The zero-order chi connectivity index (χ0) is 19.2. The monoisotopic (exact) mass is 497 g/mol. The number of aromatic nitrogens is 1. The summed E-state index contributed by atoms with van der Waals surface area (Å²) in [5.41, 5.74) is 3.49. The molecule has 1 aliphatic rings. The van der Waals surface area contributed by atoms with Crippen LogP contribution in [0.25, 0.3) is 0 Å². The van der Waals surface area contributed by atoms with Crippen molar-refractivity contribution in [2.75, 3.05) is 20.1 Å². The van der Waals surface area contributed by atoms with Gasteiger partial charge in [-0.3, -0.25) is 9.79 Å². The Morgan fingerprint density at radius 2 is 2.04 bits per heavy atom. The fourth-order valence-electron chi connectivity index (χ4n) is 3.06. The number of guanidine groups is 1. The molecule has 7 nitrogen and oxygen atoms in total. The predicted octanol–water partition coefficient (Wildman–Crippen LogP) is 2.67. The molecule has 0 unspecified atom stereocenters. The number of benzene rings is 1. The summed E-state index contributed by atoms with van der Waals surface area (Å²) in [4.78, 5) is 18.6. The highest BCUT2D eigenvalue weighted by atomic mass is 127. The molecule has 0 saturated carbocycles. The molecule has 0 saturated heterocycles. The predicted molar refractivity (Wildman–Crippen MR) is 120 cm³/mol. The Morgan fingerprint density at radius 1 is 1.29 bits per heavy atom. The van der Waals surface area contributed by atoms with Crippen LogP contribution in [0.2, 0.25) is 0 Å². The maximum absolute atomic E-state index is 12.5. The molecule has 0 radical (unpaired) electrons. The number of fused-ring (bicyclic) bond motifs is 1. The number of hydrogen-bond donors (Lipinski definition) is 2. The van der Waals surface area contributed by atoms with Crippen LogP contribution in [-0.4, -0.2) is 42.1 Å². The minimum absolute atomic E-state index is 0. The molecule has 2 aromatic rings. The van der Waals surface area contributed by atoms with E-state index in [-0.39, 0.29) is 36.4 Å². The van der Waals surface area contributed by atoms with Crippen LogP contribution < -0.4 is 10.6 Å². The van der Waals surface area contributed by atoms with Crippen molar-refractivity contribution in [2.24, 2.45) is 4.99 Å². The summed E-state index contributed by atoms with van der Waals surface area (Å²) in [6, 6.07) is 10.2. The zero-order valence-corrected chi connectivity index (χ0v) is 18.9. The van der Waals surface area contributed by atoms with Gasteiger partial charge < -0.3 is 20.1 Å². The second kappa shape index (κ2) is 10.4. The zero-order valence-electron chi connectivity index (χ0n) is 16.6. The van der Waals surface area contributed by atoms with Crippen LogP contribution >= 0.6 is 24.0 Å². The van der Waals surface area contributed by atoms with Gasteiger partial charge >= 0.3 is 0 Å². The van der Waals surface area contributed by atoms with Gasteiger partial charge in [0.2, 0.25) is 5.91 Å². The summed E-state index contributed by atoms with van der Waals surface area (Å²) in [6.45, 7) is 6.22. The van der Waals surface area contributed by atoms with Crippen molar-refractivity contribution in [3.8, 4) is 0 Å². The lowest BCUT2D eigenvalue weighted by Gasteiger charge is -2.29. The van der Waals surface area contributed by atoms with Gasteiger partial charge in [-0.2, -0.15) is 0 Å². The van der Waals surface area contributed by atoms with Crippen LogP contribution in [0, 0.1) is 0 Å². The van der Waals surface area contributed by atoms with Crippen LogP contribution in [0.5, 0.6) is 0 Å². The number of halogens is 1. The summed E-state index contributed by atoms with van der Waals surface area (Å²) < 4.78 is 5.30. The lowest BCUT2D eigenvalue weighted by molar-refractivity contribution is -0.130. The summed E-state index contributed by atoms with van der Waals surface area (Å²) in [7, 11) is 1.68. The average Bonchev–Trinajstić information content (AvgIpc) is 3.17. The van der Waals surface area contributed by atoms with Gasteiger partial charge in [-0.1, -0.05) is 43.3 Å². The molecule has 8 heteroatoms. The molecular weight excluding hydrogens is 469 g/mol. The number of rotatable bonds is 5. The van der Waals surface area contributed by atoms with Crippen molar-refractivity contribution in [3.63, 3.8) is 0 Å². The van der Waals surface area contributed by atoms with Gasteiger partial charge in [0.1, 0.15) is 0 Å². The van der Waals surface area contributed by atoms with Gasteiger partial charge in [0.05, 0.1) is 18.8 Å². The second-order valence-corrected chi connectivity index (χ2v) is 6.99. The number of carbonyl (C=O) groups excluding carboxylic acids is 1. The van der Waals surface area contributed by atoms with Crippen LogP contribution in [-0.2, 0) is 24.3 Å². The third-order valence-electron chi connectivity index (χ3n) is 4.71. The minimum Gasteiger partial charge on any atom is -0.359 e. The molecule has 3 rings (SSSR count). The van der Waals surface area contributed by atoms with Gasteiger partial charge in [0, 0.05) is 26.2 Å². The van der Waals surface area contributed by atoms with Crippen LogP contribution in [0.1, 0.15) is 42.3 Å². The Morgan fingerprint density at radius 3 is 2.71 bits per heavy atom. The molecule has 1 aromatic heterocycles. The Bertz CT molecular complexity index is 818. The lowest BCUT2D eigenvalue weighted by atomic mass is 10.00. The summed E-state index contributed by atoms with van der Waals surface area (Å²) in [5, 5.41) is 10.3. The fourth-order valence-corrected chi connectivity index (χ4v) is 3.06. The SMILES string of the molecule is CN=C(NCC(=O)N1CCc2ccccc2C1)NCc1cc(C(C)C)no1.I. The van der Waals surface area contributed by atoms with E-state index in [1.54, 1.807) is 7.05 Å². The van der Waals surface area contributed by atoms with E-state index in [0.717, 1.165) is 24.4 Å². The van der Waals surface area contributed by atoms with E-state index >= 15 is 0 Å². The number of carbonyl (C=O) groups is 1. The fraction of sp³-hybridized carbons (Fsp3) is 0.450. The maximum Gasteiger partial charge on any atom is 0.242 e. The van der Waals surface area contributed by atoms with Gasteiger partial charge in [-0.15, -0.1) is 24.0 Å². The van der Waals surface area contributed by atoms with E-state index in [0.29, 0.717) is 25.0 Å². The second-order valence-electron chi connectivity index (χ2n) is 6.99. The van der Waals surface area contributed by atoms with Crippen molar-refractivity contribution < 1.29 is 9.32 Å². The summed E-state index contributed by atoms with van der Waals surface area (Å²) in [5.74, 6) is 1.69. The molecule has 1 aliphatic heterocycles. The smallest absolute Gasteiger partial charge is 0.242 e. The number of nitrogens with zero attached hydrogens (tertiary/aromatic N) is 3. The molecule has 1 aromatic carbocycles. The first-order valence-electron chi connectivity index (χ1n) is 9.31. The molecule has 0 atom stereocenters. The molecule has 2 heterocycles. The molecular formula is C20H28IN5O2. The van der Waals surface area contributed by atoms with Crippen LogP contribution in [0.4, 0.5) is 0 Å². The molecule has 0 fully saturated rings. The first kappa shape index (κ1) is 22.2. The molecule has 0 bridgehead atoms. The largest absolute Gasteiger partial charge is 0.359 e. The van der Waals surface area contributed by atoms with E-state index < -0.39 is 0 Å². The molecule has 2 N–H and O–H groups in total. The van der Waals surface area contributed by atoms with E-state index in [1.807, 2.05) is 23.1 Å². The maximum atomic E-state index is 12.5. The Labute approximate surface area is 183 Å². The highest BCUT2D eigenvalue weighted by molar-refractivity contribution is 14.0. The number of hydrogen-bond acceptors (Lipinski definition) is 4. The van der Waals surface area contributed by atoms with Gasteiger partial charge in [0.25, 0.3) is 0 Å². The molecule has 0 aliphatic carbocycles. The van der Waals surface area contributed by atoms with E-state index in [2.05, 4.69) is 46.8 Å². The van der Waals surface area contributed by atoms with E-state index in [1.165, 1.54) is 11.1 Å². The summed E-state index contributed by atoms with van der Waals surface area (Å²) >= 11 is 0. The Balaban J connectivity index is 0.00000280. The normalized spacial score (nSPS) is 13.7. The Kier molecular flexibility index (Phi) is 8.28. The molecule has 28 heavy (non-hydrogen) atoms. The lowest BCUT2D eigenvalue weighted by Crippen LogP contribution is -2.45. The molecule has 152 valence electrons. The van der Waals surface area contributed by atoms with E-state index in [4.69, 9.17) is 4.52 Å². The first-order chi connectivity index (χ1) is 13.1. The van der Waals surface area contributed by atoms with Gasteiger partial charge in [0.15, 0.2) is 11.7 Å². The van der Waals surface area contributed by atoms with Crippen LogP contribution in [0.3, 0.4) is 0 Å². The third-order valence-corrected chi connectivity index (χ3v) is 4.71. The number of amides is 1. The third kappa shape index (κ3) is 5.70. The standard InChI is InChI=1S/C20H27N5O2.HI/c1-14(2)18-10-17(27-24-18)11-22-20(21-3)23-12-19(26)25-9-8-15-6-4-5-7-16(15)13-25;/h4-7,10,14H,8-9,11-13H2,1-3H3,(H2,21,22,23);1H. The minimum atomic E-state index is 0. The van der Waals surface area contributed by atoms with Crippen molar-refractivity contribution in [2.45, 2.75) is 39.3 Å². The van der Waals surface area contributed by atoms with E-state index in [9.17, 15) is 4.79 Å². The van der Waals surface area contributed by atoms with Crippen molar-refractivity contribution in [1.29, 1.82) is 0 Å². The molecule has 1 amide bonds. The highest BCUT2D eigenvalue weighted by Gasteiger charge is 2.20. The van der Waals surface area contributed by atoms with Gasteiger partial charge in [-0.25, -0.2) is 0 Å². The Hall–Kier alpha value is -2.10. The number of nitrogens with one attached hydrogen (secondary N) is 2.